The number of rotatable bonds is 3. The molecule has 6 heteroatoms. The second-order valence-corrected chi connectivity index (χ2v) is 9.27. The minimum Gasteiger partial charge on any atom is -0.334 e. The van der Waals surface area contributed by atoms with E-state index in [1.165, 1.54) is 16.7 Å². The van der Waals surface area contributed by atoms with Gasteiger partial charge in [-0.25, -0.2) is 4.99 Å². The topological polar surface area (TPSA) is 35.9 Å². The Morgan fingerprint density at radius 2 is 1.68 bits per heavy atom. The summed E-state index contributed by atoms with van der Waals surface area (Å²) in [6, 6.07) is 26.1. The van der Waals surface area contributed by atoms with E-state index in [4.69, 9.17) is 4.99 Å². The summed E-state index contributed by atoms with van der Waals surface area (Å²) in [5.74, 6) is -0.0287. The Labute approximate surface area is 190 Å². The molecule has 1 amide bonds. The number of amides is 1. The average Bonchev–Trinajstić information content (AvgIpc) is 3.31. The summed E-state index contributed by atoms with van der Waals surface area (Å²) in [7, 11) is 0. The predicted molar refractivity (Wildman–Crippen MR) is 132 cm³/mol. The van der Waals surface area contributed by atoms with Gasteiger partial charge in [0.25, 0.3) is 5.91 Å². The number of hydrogen-bond donors (Lipinski definition) is 0. The van der Waals surface area contributed by atoms with Crippen LogP contribution in [-0.2, 0) is 4.79 Å². The molecule has 0 N–H and O–H groups in total. The number of thioether (sulfide) groups is 2. The average molecular weight is 444 g/mol. The maximum Gasteiger partial charge on any atom is 0.274 e. The first-order chi connectivity index (χ1) is 15.2. The van der Waals surface area contributed by atoms with Gasteiger partial charge >= 0.3 is 0 Å². The lowest BCUT2D eigenvalue weighted by atomic mass is 10.2. The van der Waals surface area contributed by atoms with Crippen molar-refractivity contribution in [3.05, 3.63) is 94.4 Å². The Hall–Kier alpha value is -2.96. The van der Waals surface area contributed by atoms with Gasteiger partial charge in [-0.2, -0.15) is 0 Å². The molecule has 0 aromatic heterocycles. The highest BCUT2D eigenvalue weighted by molar-refractivity contribution is 8.20. The molecule has 31 heavy (non-hydrogen) atoms. The fourth-order valence-corrected chi connectivity index (χ4v) is 6.10. The van der Waals surface area contributed by atoms with Crippen LogP contribution in [0.5, 0.6) is 0 Å². The van der Waals surface area contributed by atoms with Crippen LogP contribution in [-0.4, -0.2) is 17.6 Å². The van der Waals surface area contributed by atoms with E-state index in [1.807, 2.05) is 73.7 Å². The van der Waals surface area contributed by atoms with Crippen molar-refractivity contribution in [1.29, 1.82) is 0 Å². The fraction of sp³-hybridized carbons (Fsp3) is 0.120. The van der Waals surface area contributed by atoms with Gasteiger partial charge in [-0.3, -0.25) is 9.69 Å². The van der Waals surface area contributed by atoms with Crippen molar-refractivity contribution >= 4 is 51.7 Å². The number of anilines is 2. The molecule has 2 aliphatic rings. The van der Waals surface area contributed by atoms with Gasteiger partial charge in [0.1, 0.15) is 9.93 Å². The molecule has 3 aromatic carbocycles. The highest BCUT2D eigenvalue weighted by atomic mass is 32.2. The van der Waals surface area contributed by atoms with Gasteiger partial charge in [-0.05, 0) is 67.6 Å². The number of benzene rings is 3. The van der Waals surface area contributed by atoms with E-state index in [-0.39, 0.29) is 5.91 Å². The summed E-state index contributed by atoms with van der Waals surface area (Å²) in [4.78, 5) is 24.4. The predicted octanol–water partition coefficient (Wildman–Crippen LogP) is 6.56. The van der Waals surface area contributed by atoms with Crippen molar-refractivity contribution < 1.29 is 4.79 Å². The van der Waals surface area contributed by atoms with Crippen LogP contribution in [0.4, 0.5) is 17.1 Å². The van der Waals surface area contributed by atoms with Gasteiger partial charge in [-0.1, -0.05) is 54.2 Å². The van der Waals surface area contributed by atoms with E-state index in [9.17, 15) is 4.79 Å². The van der Waals surface area contributed by atoms with E-state index in [0.29, 0.717) is 5.17 Å². The smallest absolute Gasteiger partial charge is 0.274 e. The second kappa shape index (κ2) is 8.29. The van der Waals surface area contributed by atoms with Crippen molar-refractivity contribution in [3.8, 4) is 0 Å². The third-order valence-corrected chi connectivity index (χ3v) is 7.48. The number of aliphatic imine (C=N–C) groups is 1. The molecular formula is C25H21N3OS2. The molecule has 0 radical (unpaired) electrons. The Morgan fingerprint density at radius 3 is 2.45 bits per heavy atom. The number of nitrogens with zero attached hydrogens (tertiary/aromatic N) is 3. The van der Waals surface area contributed by atoms with Crippen LogP contribution < -0.4 is 9.80 Å². The number of aryl methyl sites for hydroxylation is 1. The first kappa shape index (κ1) is 20.0. The van der Waals surface area contributed by atoms with E-state index < -0.39 is 0 Å². The maximum absolute atomic E-state index is 13.7. The summed E-state index contributed by atoms with van der Waals surface area (Å²) < 4.78 is 0. The molecule has 154 valence electrons. The number of para-hydroxylation sites is 2. The molecular weight excluding hydrogens is 422 g/mol. The van der Waals surface area contributed by atoms with E-state index in [2.05, 4.69) is 24.0 Å². The quantitative estimate of drug-likeness (QED) is 0.429. The lowest BCUT2D eigenvalue weighted by molar-refractivity contribution is -0.113. The molecule has 0 saturated carbocycles. The summed E-state index contributed by atoms with van der Waals surface area (Å²) in [6.07, 6.45) is 0. The van der Waals surface area contributed by atoms with Crippen LogP contribution in [0, 0.1) is 6.92 Å². The molecule has 4 nitrogen and oxygen atoms in total. The van der Waals surface area contributed by atoms with Crippen LogP contribution >= 0.6 is 23.5 Å². The monoisotopic (exact) mass is 443 g/mol. The third kappa shape index (κ3) is 3.66. The first-order valence-corrected chi connectivity index (χ1v) is 11.8. The van der Waals surface area contributed by atoms with Gasteiger partial charge in [0.2, 0.25) is 0 Å². The van der Waals surface area contributed by atoms with Crippen LogP contribution in [0.3, 0.4) is 0 Å². The highest BCUT2D eigenvalue weighted by Crippen LogP contribution is 2.51. The third-order valence-electron chi connectivity index (χ3n) is 5.14. The van der Waals surface area contributed by atoms with Gasteiger partial charge in [-0.15, -0.1) is 0 Å². The maximum atomic E-state index is 13.7. The number of carbonyl (C=O) groups excluding carboxylic acids is 1. The fourth-order valence-electron chi connectivity index (χ4n) is 3.70. The van der Waals surface area contributed by atoms with E-state index in [0.717, 1.165) is 39.1 Å². The summed E-state index contributed by atoms with van der Waals surface area (Å²) in [6.45, 7) is 4.95. The lowest BCUT2D eigenvalue weighted by Crippen LogP contribution is -2.29. The minimum atomic E-state index is -0.0287. The van der Waals surface area contributed by atoms with Crippen LogP contribution in [0.15, 0.2) is 98.7 Å². The van der Waals surface area contributed by atoms with Gasteiger partial charge < -0.3 is 4.90 Å². The molecule has 1 fully saturated rings. The normalized spacial score (nSPS) is 19.4. The zero-order chi connectivity index (χ0) is 21.4. The summed E-state index contributed by atoms with van der Waals surface area (Å²) in [5.41, 5.74) is 3.93. The van der Waals surface area contributed by atoms with Crippen LogP contribution in [0.25, 0.3) is 0 Å². The van der Waals surface area contributed by atoms with Gasteiger partial charge in [0, 0.05) is 11.4 Å². The molecule has 2 aliphatic heterocycles. The number of hydrogen-bond acceptors (Lipinski definition) is 5. The summed E-state index contributed by atoms with van der Waals surface area (Å²) >= 11 is 3.11. The van der Waals surface area contributed by atoms with Crippen LogP contribution in [0.2, 0.25) is 0 Å². The Kier molecular flexibility index (Phi) is 5.34. The molecule has 0 spiro atoms. The molecule has 0 unspecified atom stereocenters. The molecule has 0 aliphatic carbocycles. The van der Waals surface area contributed by atoms with Crippen molar-refractivity contribution in [3.63, 3.8) is 0 Å². The summed E-state index contributed by atoms with van der Waals surface area (Å²) in [5, 5.41) is 1.66. The van der Waals surface area contributed by atoms with Crippen molar-refractivity contribution in [1.82, 2.24) is 0 Å². The standard InChI is InChI=1S/C25H21N3OS2/c1-3-27-20-14-7-8-15-21(20)30-24(27)22-23(29)28(19-13-9-10-17(2)16-19)25(31-22)26-18-11-5-4-6-12-18/h4-16H,3H2,1-2H3. The number of fused-ring (bicyclic) bond motifs is 1. The lowest BCUT2D eigenvalue weighted by Gasteiger charge is -2.19. The molecule has 5 rings (SSSR count). The van der Waals surface area contributed by atoms with Crippen molar-refractivity contribution in [2.45, 2.75) is 18.7 Å². The highest BCUT2D eigenvalue weighted by Gasteiger charge is 2.40. The van der Waals surface area contributed by atoms with E-state index >= 15 is 0 Å². The Balaban J connectivity index is 1.64. The van der Waals surface area contributed by atoms with Gasteiger partial charge in [0.15, 0.2) is 5.17 Å². The molecule has 1 saturated heterocycles. The largest absolute Gasteiger partial charge is 0.334 e. The second-order valence-electron chi connectivity index (χ2n) is 7.26. The molecule has 2 heterocycles. The molecule has 3 aromatic rings. The first-order valence-electron chi connectivity index (χ1n) is 10.2. The number of carbonyl (C=O) groups is 1. The van der Waals surface area contributed by atoms with Crippen molar-refractivity contribution in [2.24, 2.45) is 4.99 Å². The minimum absolute atomic E-state index is 0.0287. The SMILES string of the molecule is CCN1C(=C2SC(=Nc3ccccc3)N(c3cccc(C)c3)C2=O)Sc2ccccc21. The zero-order valence-corrected chi connectivity index (χ0v) is 18.9. The molecule has 0 atom stereocenters. The van der Waals surface area contributed by atoms with Crippen LogP contribution in [0.1, 0.15) is 12.5 Å². The van der Waals surface area contributed by atoms with Crippen molar-refractivity contribution in [2.75, 3.05) is 16.3 Å². The van der Waals surface area contributed by atoms with Gasteiger partial charge in [0.05, 0.1) is 17.1 Å². The Morgan fingerprint density at radius 1 is 0.903 bits per heavy atom. The van der Waals surface area contributed by atoms with E-state index in [1.54, 1.807) is 16.7 Å². The molecule has 0 bridgehead atoms. The zero-order valence-electron chi connectivity index (χ0n) is 17.3. The number of amidine groups is 1. The Bertz CT molecular complexity index is 1220.